The van der Waals surface area contributed by atoms with E-state index in [0.29, 0.717) is 22.2 Å². The fraction of sp³-hybridized carbons (Fsp3) is 0.562. The van der Waals surface area contributed by atoms with Gasteiger partial charge in [0, 0.05) is 19.3 Å². The number of anilines is 1. The fourth-order valence-electron chi connectivity index (χ4n) is 4.01. The number of nitrogen functional groups attached to an aromatic ring is 1. The van der Waals surface area contributed by atoms with Gasteiger partial charge in [-0.05, 0) is 49.1 Å². The van der Waals surface area contributed by atoms with Crippen LogP contribution in [0, 0.1) is 17.8 Å². The van der Waals surface area contributed by atoms with Gasteiger partial charge in [0.15, 0.2) is 0 Å². The number of fused-ring (bicyclic) bond motifs is 2. The molecule has 2 bridgehead atoms. The number of halogens is 2. The summed E-state index contributed by atoms with van der Waals surface area (Å²) >= 11 is 12.2. The maximum absolute atomic E-state index is 12.6. The summed E-state index contributed by atoms with van der Waals surface area (Å²) in [5, 5.41) is 0.615. The third kappa shape index (κ3) is 2.86. The number of rotatable bonds is 3. The van der Waals surface area contributed by atoms with Crippen molar-refractivity contribution in [2.75, 3.05) is 19.3 Å². The van der Waals surface area contributed by atoms with E-state index >= 15 is 0 Å². The van der Waals surface area contributed by atoms with Gasteiger partial charge in [0.1, 0.15) is 0 Å². The summed E-state index contributed by atoms with van der Waals surface area (Å²) in [5.41, 5.74) is 6.62. The zero-order valence-corrected chi connectivity index (χ0v) is 13.6. The molecule has 2 aliphatic carbocycles. The maximum Gasteiger partial charge on any atom is 0.255 e. The molecule has 0 radical (unpaired) electrons. The van der Waals surface area contributed by atoms with Gasteiger partial charge in [-0.25, -0.2) is 0 Å². The molecule has 5 heteroatoms. The summed E-state index contributed by atoms with van der Waals surface area (Å²) in [6.07, 6.45) is 5.29. The van der Waals surface area contributed by atoms with Gasteiger partial charge in [0.2, 0.25) is 0 Å². The third-order valence-corrected chi connectivity index (χ3v) is 5.82. The molecule has 0 heterocycles. The lowest BCUT2D eigenvalue weighted by molar-refractivity contribution is 0.0754. The summed E-state index contributed by atoms with van der Waals surface area (Å²) in [6, 6.07) is 3.17. The highest BCUT2D eigenvalue weighted by molar-refractivity contribution is 6.44. The zero-order chi connectivity index (χ0) is 15.1. The molecule has 2 N–H and O–H groups in total. The molecule has 0 spiro atoms. The number of nitrogens with zero attached hydrogens (tertiary/aromatic N) is 1. The molecule has 21 heavy (non-hydrogen) atoms. The third-order valence-electron chi connectivity index (χ3n) is 5.02. The molecule has 3 rings (SSSR count). The first-order chi connectivity index (χ1) is 9.95. The number of amides is 1. The second-order valence-electron chi connectivity index (χ2n) is 6.48. The first-order valence-electron chi connectivity index (χ1n) is 7.45. The van der Waals surface area contributed by atoms with Gasteiger partial charge < -0.3 is 10.6 Å². The molecule has 1 aromatic carbocycles. The maximum atomic E-state index is 12.6. The number of carbonyl (C=O) groups excluding carboxylic acids is 1. The summed E-state index contributed by atoms with van der Waals surface area (Å²) in [4.78, 5) is 14.4. The van der Waals surface area contributed by atoms with Crippen molar-refractivity contribution in [1.29, 1.82) is 0 Å². The lowest BCUT2D eigenvalue weighted by Gasteiger charge is -2.27. The average Bonchev–Trinajstić information content (AvgIpc) is 3.04. The van der Waals surface area contributed by atoms with Crippen LogP contribution in [-0.2, 0) is 0 Å². The first kappa shape index (κ1) is 15.0. The Kier molecular flexibility index (Phi) is 4.06. The number of nitrogens with two attached hydrogens (primary N) is 1. The fourth-order valence-corrected chi connectivity index (χ4v) is 4.42. The minimum Gasteiger partial charge on any atom is -0.399 e. The van der Waals surface area contributed by atoms with Crippen LogP contribution in [0.15, 0.2) is 12.1 Å². The molecule has 3 unspecified atom stereocenters. The van der Waals surface area contributed by atoms with Crippen LogP contribution in [0.25, 0.3) is 0 Å². The van der Waals surface area contributed by atoms with Crippen molar-refractivity contribution in [2.24, 2.45) is 17.8 Å². The second-order valence-corrected chi connectivity index (χ2v) is 7.27. The molecule has 2 saturated carbocycles. The monoisotopic (exact) mass is 326 g/mol. The highest BCUT2D eigenvalue weighted by atomic mass is 35.5. The van der Waals surface area contributed by atoms with Gasteiger partial charge in [-0.3, -0.25) is 4.79 Å². The van der Waals surface area contributed by atoms with Crippen LogP contribution in [0.5, 0.6) is 0 Å². The molecule has 2 fully saturated rings. The van der Waals surface area contributed by atoms with Gasteiger partial charge in [0.05, 0.1) is 15.6 Å². The largest absolute Gasteiger partial charge is 0.399 e. The average molecular weight is 327 g/mol. The lowest BCUT2D eigenvalue weighted by atomic mass is 9.88. The normalized spacial score (nSPS) is 27.1. The van der Waals surface area contributed by atoms with Crippen molar-refractivity contribution in [3.05, 3.63) is 27.7 Å². The smallest absolute Gasteiger partial charge is 0.255 e. The Hall–Kier alpha value is -0.930. The minimum atomic E-state index is -0.100. The van der Waals surface area contributed by atoms with Gasteiger partial charge in [-0.1, -0.05) is 29.6 Å². The molecule has 2 aliphatic rings. The van der Waals surface area contributed by atoms with Crippen LogP contribution in [0.3, 0.4) is 0 Å². The van der Waals surface area contributed by atoms with Gasteiger partial charge in [0.25, 0.3) is 5.91 Å². The van der Waals surface area contributed by atoms with E-state index in [1.807, 2.05) is 7.05 Å². The van der Waals surface area contributed by atoms with Crippen LogP contribution in [0.1, 0.15) is 36.0 Å². The van der Waals surface area contributed by atoms with Gasteiger partial charge in [-0.15, -0.1) is 0 Å². The van der Waals surface area contributed by atoms with Crippen molar-refractivity contribution in [3.8, 4) is 0 Å². The standard InChI is InChI=1S/C16H20Cl2N2O/c1-20(8-11-5-9-2-3-10(11)4-9)16(21)13-6-12(19)7-14(17)15(13)18/h6-7,9-11H,2-5,8,19H2,1H3. The van der Waals surface area contributed by atoms with E-state index < -0.39 is 0 Å². The van der Waals surface area contributed by atoms with Crippen LogP contribution in [0.2, 0.25) is 10.0 Å². The van der Waals surface area contributed by atoms with E-state index in [1.165, 1.54) is 25.7 Å². The molecule has 1 amide bonds. The van der Waals surface area contributed by atoms with Crippen LogP contribution in [-0.4, -0.2) is 24.4 Å². The number of carbonyl (C=O) groups is 1. The Labute approximate surface area is 135 Å². The summed E-state index contributed by atoms with van der Waals surface area (Å²) < 4.78 is 0. The van der Waals surface area contributed by atoms with Crippen molar-refractivity contribution >= 4 is 34.8 Å². The topological polar surface area (TPSA) is 46.3 Å². The minimum absolute atomic E-state index is 0.100. The molecule has 0 aliphatic heterocycles. The van der Waals surface area contributed by atoms with Gasteiger partial charge in [-0.2, -0.15) is 0 Å². The SMILES string of the molecule is CN(CC1CC2CCC1C2)C(=O)c1cc(N)cc(Cl)c1Cl. The predicted molar refractivity (Wildman–Crippen MR) is 86.8 cm³/mol. The van der Waals surface area contributed by atoms with Crippen molar-refractivity contribution in [3.63, 3.8) is 0 Å². The summed E-state index contributed by atoms with van der Waals surface area (Å²) in [6.45, 7) is 0.794. The van der Waals surface area contributed by atoms with Crippen LogP contribution >= 0.6 is 23.2 Å². The molecule has 3 nitrogen and oxygen atoms in total. The highest BCUT2D eigenvalue weighted by Gasteiger charge is 2.40. The highest BCUT2D eigenvalue weighted by Crippen LogP contribution is 2.48. The Morgan fingerprint density at radius 3 is 2.71 bits per heavy atom. The predicted octanol–water partition coefficient (Wildman–Crippen LogP) is 4.08. The van der Waals surface area contributed by atoms with E-state index in [0.717, 1.165) is 18.4 Å². The number of hydrogen-bond acceptors (Lipinski definition) is 2. The van der Waals surface area contributed by atoms with Crippen molar-refractivity contribution in [2.45, 2.75) is 25.7 Å². The first-order valence-corrected chi connectivity index (χ1v) is 8.21. The molecule has 114 valence electrons. The van der Waals surface area contributed by atoms with E-state index in [1.54, 1.807) is 17.0 Å². The number of benzene rings is 1. The molecular weight excluding hydrogens is 307 g/mol. The molecule has 1 aromatic rings. The van der Waals surface area contributed by atoms with Crippen molar-refractivity contribution in [1.82, 2.24) is 4.90 Å². The van der Waals surface area contributed by atoms with Crippen molar-refractivity contribution < 1.29 is 4.79 Å². The quantitative estimate of drug-likeness (QED) is 0.850. The van der Waals surface area contributed by atoms with E-state index in [4.69, 9.17) is 28.9 Å². The summed E-state index contributed by atoms with van der Waals surface area (Å²) in [5.74, 6) is 2.21. The van der Waals surface area contributed by atoms with Crippen LogP contribution < -0.4 is 5.73 Å². The molecule has 3 atom stereocenters. The molecular formula is C16H20Cl2N2O. The Bertz CT molecular complexity index is 576. The Morgan fingerprint density at radius 1 is 1.33 bits per heavy atom. The lowest BCUT2D eigenvalue weighted by Crippen LogP contribution is -2.34. The molecule has 0 aromatic heterocycles. The number of hydrogen-bond donors (Lipinski definition) is 1. The Morgan fingerprint density at radius 2 is 2.10 bits per heavy atom. The molecule has 0 saturated heterocycles. The Balaban J connectivity index is 1.73. The van der Waals surface area contributed by atoms with E-state index in [-0.39, 0.29) is 10.9 Å². The second kappa shape index (κ2) is 5.69. The van der Waals surface area contributed by atoms with E-state index in [2.05, 4.69) is 0 Å². The summed E-state index contributed by atoms with van der Waals surface area (Å²) in [7, 11) is 1.84. The zero-order valence-electron chi connectivity index (χ0n) is 12.1. The van der Waals surface area contributed by atoms with E-state index in [9.17, 15) is 4.79 Å². The van der Waals surface area contributed by atoms with Crippen LogP contribution in [0.4, 0.5) is 5.69 Å². The van der Waals surface area contributed by atoms with Gasteiger partial charge >= 0.3 is 0 Å².